The molecule has 6 nitrogen and oxygen atoms in total. The fourth-order valence-corrected chi connectivity index (χ4v) is 3.72. The van der Waals surface area contributed by atoms with Crippen LogP contribution in [0.15, 0.2) is 4.99 Å². The molecule has 0 aromatic heterocycles. The minimum absolute atomic E-state index is 0.437. The van der Waals surface area contributed by atoms with Crippen LogP contribution in [0.4, 0.5) is 0 Å². The lowest BCUT2D eigenvalue weighted by Crippen LogP contribution is -2.49. The fourth-order valence-electron chi connectivity index (χ4n) is 3.72. The van der Waals surface area contributed by atoms with Crippen LogP contribution in [-0.2, 0) is 9.47 Å². The van der Waals surface area contributed by atoms with Gasteiger partial charge in [-0.15, -0.1) is 0 Å². The molecule has 0 saturated carbocycles. The molecule has 3 atom stereocenters. The average Bonchev–Trinajstić information content (AvgIpc) is 3.15. The van der Waals surface area contributed by atoms with Crippen LogP contribution in [0.1, 0.15) is 47.0 Å². The van der Waals surface area contributed by atoms with Gasteiger partial charge in [0.2, 0.25) is 0 Å². The van der Waals surface area contributed by atoms with Crippen molar-refractivity contribution in [2.24, 2.45) is 16.8 Å². The summed E-state index contributed by atoms with van der Waals surface area (Å²) >= 11 is 0. The molecule has 152 valence electrons. The minimum Gasteiger partial charge on any atom is -0.381 e. The van der Waals surface area contributed by atoms with Crippen LogP contribution >= 0.6 is 0 Å². The highest BCUT2D eigenvalue weighted by Crippen LogP contribution is 2.22. The van der Waals surface area contributed by atoms with E-state index in [2.05, 4.69) is 43.2 Å². The van der Waals surface area contributed by atoms with Gasteiger partial charge in [-0.2, -0.15) is 0 Å². The first-order valence-corrected chi connectivity index (χ1v) is 10.5. The number of rotatable bonds is 9. The number of nitrogens with one attached hydrogen (secondary N) is 2. The molecule has 2 aliphatic heterocycles. The van der Waals surface area contributed by atoms with Gasteiger partial charge in [-0.25, -0.2) is 0 Å². The largest absolute Gasteiger partial charge is 0.381 e. The number of nitrogens with zero attached hydrogens (tertiary/aromatic N) is 2. The molecule has 0 bridgehead atoms. The van der Waals surface area contributed by atoms with Crippen LogP contribution in [0.5, 0.6) is 0 Å². The molecular formula is C20H40N4O2. The summed E-state index contributed by atoms with van der Waals surface area (Å²) in [5.41, 5.74) is 0. The van der Waals surface area contributed by atoms with Gasteiger partial charge < -0.3 is 20.1 Å². The monoisotopic (exact) mass is 368 g/mol. The van der Waals surface area contributed by atoms with Crippen LogP contribution in [0, 0.1) is 11.8 Å². The first-order chi connectivity index (χ1) is 12.6. The van der Waals surface area contributed by atoms with Gasteiger partial charge in [0.1, 0.15) is 0 Å². The lowest BCUT2D eigenvalue weighted by molar-refractivity contribution is 0.00368. The van der Waals surface area contributed by atoms with Crippen molar-refractivity contribution in [3.05, 3.63) is 0 Å². The molecule has 0 spiro atoms. The molecule has 2 heterocycles. The summed E-state index contributed by atoms with van der Waals surface area (Å²) in [6.07, 6.45) is 3.56. The Morgan fingerprint density at radius 2 is 1.88 bits per heavy atom. The second kappa shape index (κ2) is 11.8. The number of hydrogen-bond acceptors (Lipinski definition) is 4. The summed E-state index contributed by atoms with van der Waals surface area (Å²) in [7, 11) is 0. The molecule has 6 heteroatoms. The second-order valence-corrected chi connectivity index (χ2v) is 8.08. The first-order valence-electron chi connectivity index (χ1n) is 10.5. The molecule has 0 aromatic carbocycles. The Kier molecular flexibility index (Phi) is 9.72. The first kappa shape index (κ1) is 21.5. The van der Waals surface area contributed by atoms with Gasteiger partial charge in [-0.1, -0.05) is 13.8 Å². The molecule has 2 N–H and O–H groups in total. The normalized spacial score (nSPS) is 24.7. The van der Waals surface area contributed by atoms with Gasteiger partial charge in [-0.3, -0.25) is 9.89 Å². The zero-order valence-corrected chi connectivity index (χ0v) is 17.3. The maximum atomic E-state index is 5.66. The van der Waals surface area contributed by atoms with E-state index < -0.39 is 0 Å². The molecule has 0 amide bonds. The summed E-state index contributed by atoms with van der Waals surface area (Å²) in [4.78, 5) is 7.51. The Labute approximate surface area is 160 Å². The third kappa shape index (κ3) is 7.41. The van der Waals surface area contributed by atoms with E-state index in [1.807, 2.05) is 0 Å². The van der Waals surface area contributed by atoms with Gasteiger partial charge in [-0.05, 0) is 39.0 Å². The summed E-state index contributed by atoms with van der Waals surface area (Å²) < 4.78 is 11.2. The van der Waals surface area contributed by atoms with E-state index in [1.54, 1.807) is 0 Å². The maximum absolute atomic E-state index is 5.66. The number of ether oxygens (including phenoxy) is 2. The van der Waals surface area contributed by atoms with Gasteiger partial charge in [0.05, 0.1) is 26.4 Å². The quantitative estimate of drug-likeness (QED) is 0.482. The summed E-state index contributed by atoms with van der Waals surface area (Å²) in [5.74, 6) is 2.27. The SMILES string of the molecule is CCNC(=NCC(C1CCOC1)N1CCOCC1)NC(C)CCC(C)C. The van der Waals surface area contributed by atoms with E-state index in [1.165, 1.54) is 12.8 Å². The number of morpholine rings is 1. The van der Waals surface area contributed by atoms with Gasteiger partial charge in [0.15, 0.2) is 5.96 Å². The summed E-state index contributed by atoms with van der Waals surface area (Å²) in [6, 6.07) is 0.884. The molecular weight excluding hydrogens is 328 g/mol. The van der Waals surface area contributed by atoms with E-state index in [-0.39, 0.29) is 0 Å². The van der Waals surface area contributed by atoms with Crippen LogP contribution < -0.4 is 10.6 Å². The topological polar surface area (TPSA) is 58.1 Å². The second-order valence-electron chi connectivity index (χ2n) is 8.08. The number of guanidine groups is 1. The molecule has 2 saturated heterocycles. The number of hydrogen-bond donors (Lipinski definition) is 2. The molecule has 0 aromatic rings. The lowest BCUT2D eigenvalue weighted by Gasteiger charge is -2.36. The zero-order valence-electron chi connectivity index (χ0n) is 17.3. The van der Waals surface area contributed by atoms with Crippen LogP contribution in [-0.4, -0.2) is 75.5 Å². The average molecular weight is 369 g/mol. The smallest absolute Gasteiger partial charge is 0.191 e. The van der Waals surface area contributed by atoms with Gasteiger partial charge in [0, 0.05) is 44.2 Å². The van der Waals surface area contributed by atoms with E-state index in [0.29, 0.717) is 18.0 Å². The standard InChI is InChI=1S/C20H40N4O2/c1-5-21-20(23-17(4)7-6-16(2)3)22-14-19(18-8-11-26-15-18)24-9-12-25-13-10-24/h16-19H,5-15H2,1-4H3,(H2,21,22,23). The van der Waals surface area contributed by atoms with Gasteiger partial charge >= 0.3 is 0 Å². The third-order valence-corrected chi connectivity index (χ3v) is 5.36. The molecule has 26 heavy (non-hydrogen) atoms. The lowest BCUT2D eigenvalue weighted by atomic mass is 9.97. The molecule has 0 radical (unpaired) electrons. The highest BCUT2D eigenvalue weighted by molar-refractivity contribution is 5.80. The molecule has 2 fully saturated rings. The number of aliphatic imine (C=N–C) groups is 1. The van der Waals surface area contributed by atoms with E-state index >= 15 is 0 Å². The Morgan fingerprint density at radius 1 is 1.12 bits per heavy atom. The van der Waals surface area contributed by atoms with E-state index in [4.69, 9.17) is 14.5 Å². The van der Waals surface area contributed by atoms with Crippen molar-refractivity contribution >= 4 is 5.96 Å². The van der Waals surface area contributed by atoms with E-state index in [9.17, 15) is 0 Å². The van der Waals surface area contributed by atoms with Crippen molar-refractivity contribution in [3.8, 4) is 0 Å². The van der Waals surface area contributed by atoms with Crippen LogP contribution in [0.2, 0.25) is 0 Å². The highest BCUT2D eigenvalue weighted by atomic mass is 16.5. The van der Waals surface area contributed by atoms with Crippen LogP contribution in [0.25, 0.3) is 0 Å². The zero-order chi connectivity index (χ0) is 18.8. The molecule has 3 unspecified atom stereocenters. The van der Waals surface area contributed by atoms with Crippen molar-refractivity contribution in [1.82, 2.24) is 15.5 Å². The maximum Gasteiger partial charge on any atom is 0.191 e. The predicted molar refractivity (Wildman–Crippen MR) is 108 cm³/mol. The van der Waals surface area contributed by atoms with Crippen molar-refractivity contribution in [2.45, 2.75) is 59.0 Å². The Hall–Kier alpha value is -0.850. The minimum atomic E-state index is 0.437. The van der Waals surface area contributed by atoms with Crippen molar-refractivity contribution in [3.63, 3.8) is 0 Å². The molecule has 2 aliphatic rings. The summed E-state index contributed by atoms with van der Waals surface area (Å²) in [6.45, 7) is 16.1. The Bertz CT molecular complexity index is 405. The Morgan fingerprint density at radius 3 is 2.50 bits per heavy atom. The Balaban J connectivity index is 1.95. The summed E-state index contributed by atoms with van der Waals surface area (Å²) in [5, 5.41) is 7.00. The third-order valence-electron chi connectivity index (χ3n) is 5.36. The van der Waals surface area contributed by atoms with Crippen LogP contribution in [0.3, 0.4) is 0 Å². The van der Waals surface area contributed by atoms with Crippen molar-refractivity contribution in [1.29, 1.82) is 0 Å². The van der Waals surface area contributed by atoms with E-state index in [0.717, 1.165) is 70.9 Å². The molecule has 2 rings (SSSR count). The highest BCUT2D eigenvalue weighted by Gasteiger charge is 2.31. The van der Waals surface area contributed by atoms with Crippen molar-refractivity contribution < 1.29 is 9.47 Å². The van der Waals surface area contributed by atoms with Crippen molar-refractivity contribution in [2.75, 3.05) is 52.6 Å². The van der Waals surface area contributed by atoms with Gasteiger partial charge in [0.25, 0.3) is 0 Å². The fraction of sp³-hybridized carbons (Fsp3) is 0.950. The predicted octanol–water partition coefficient (Wildman–Crippen LogP) is 2.10. The molecule has 0 aliphatic carbocycles.